The summed E-state index contributed by atoms with van der Waals surface area (Å²) in [5.41, 5.74) is 0. The minimum Gasteiger partial charge on any atom is -0.368 e. The topological polar surface area (TPSA) is 57.5 Å². The number of carbonyl (C=O) groups excluding carboxylic acids is 1. The maximum Gasteiger partial charge on any atom is 0.151 e. The van der Waals surface area contributed by atoms with E-state index in [-0.39, 0.29) is 0 Å². The monoisotopic (exact) mass is 328 g/mol. The Bertz CT molecular complexity index is 229. The Morgan fingerprint density at radius 2 is 0.826 bits per heavy atom. The molecule has 0 saturated heterocycles. The number of aldehydes is 1. The smallest absolute Gasteiger partial charge is 0.151 e. The molecule has 0 aliphatic rings. The van der Waals surface area contributed by atoms with Crippen LogP contribution in [-0.4, -0.2) is 22.8 Å². The normalized spacial score (nSPS) is 11.3. The van der Waals surface area contributed by atoms with Gasteiger partial charge in [-0.15, -0.1) is 0 Å². The van der Waals surface area contributed by atoms with E-state index in [0.29, 0.717) is 6.42 Å². The van der Waals surface area contributed by atoms with E-state index in [0.717, 1.165) is 32.0 Å². The second-order valence-electron chi connectivity index (χ2n) is 6.88. The molecule has 0 unspecified atom stereocenters. The van der Waals surface area contributed by atoms with Gasteiger partial charge < -0.3 is 15.0 Å². The maximum absolute atomic E-state index is 10.2. The highest BCUT2D eigenvalue weighted by molar-refractivity contribution is 5.48. The summed E-state index contributed by atoms with van der Waals surface area (Å²) in [6.07, 6.45) is 21.7. The van der Waals surface area contributed by atoms with Crippen molar-refractivity contribution in [3.05, 3.63) is 0 Å². The second-order valence-corrected chi connectivity index (χ2v) is 6.88. The average molecular weight is 329 g/mol. The van der Waals surface area contributed by atoms with Gasteiger partial charge in [-0.2, -0.15) is 0 Å². The molecule has 3 nitrogen and oxygen atoms in total. The molecule has 138 valence electrons. The number of hydrogen-bond donors (Lipinski definition) is 2. The summed E-state index contributed by atoms with van der Waals surface area (Å²) >= 11 is 0. The van der Waals surface area contributed by atoms with Gasteiger partial charge in [-0.3, -0.25) is 0 Å². The third-order valence-electron chi connectivity index (χ3n) is 4.53. The third-order valence-corrected chi connectivity index (χ3v) is 4.53. The molecule has 0 heterocycles. The molecule has 0 aromatic heterocycles. The first kappa shape index (κ1) is 22.6. The lowest BCUT2D eigenvalue weighted by atomic mass is 10.0. The van der Waals surface area contributed by atoms with Crippen LogP contribution < -0.4 is 0 Å². The highest BCUT2D eigenvalue weighted by atomic mass is 16.5. The Balaban J connectivity index is 2.96. The van der Waals surface area contributed by atoms with Gasteiger partial charge in [0.1, 0.15) is 6.29 Å². The lowest BCUT2D eigenvalue weighted by molar-refractivity contribution is -0.107. The Hall–Kier alpha value is -0.410. The Labute approximate surface area is 143 Å². The van der Waals surface area contributed by atoms with Crippen LogP contribution in [0.4, 0.5) is 0 Å². The molecule has 0 aromatic rings. The maximum atomic E-state index is 10.2. The van der Waals surface area contributed by atoms with E-state index < -0.39 is 6.29 Å². The van der Waals surface area contributed by atoms with Gasteiger partial charge in [-0.25, -0.2) is 0 Å². The molecule has 0 amide bonds. The van der Waals surface area contributed by atoms with Crippen LogP contribution in [0.2, 0.25) is 0 Å². The van der Waals surface area contributed by atoms with Gasteiger partial charge in [0.05, 0.1) is 0 Å². The zero-order valence-corrected chi connectivity index (χ0v) is 15.2. The highest BCUT2D eigenvalue weighted by Crippen LogP contribution is 2.14. The molecule has 0 atom stereocenters. The molecule has 0 saturated carbocycles. The number of aliphatic hydroxyl groups is 2. The fourth-order valence-corrected chi connectivity index (χ4v) is 3.03. The van der Waals surface area contributed by atoms with Gasteiger partial charge in [0.15, 0.2) is 6.29 Å². The van der Waals surface area contributed by atoms with E-state index in [9.17, 15) is 4.79 Å². The summed E-state index contributed by atoms with van der Waals surface area (Å²) in [4.78, 5) is 10.2. The van der Waals surface area contributed by atoms with Gasteiger partial charge in [0.2, 0.25) is 0 Å². The Morgan fingerprint density at radius 3 is 1.13 bits per heavy atom. The summed E-state index contributed by atoms with van der Waals surface area (Å²) < 4.78 is 0. The molecule has 0 aliphatic carbocycles. The highest BCUT2D eigenvalue weighted by Gasteiger charge is 1.97. The van der Waals surface area contributed by atoms with Gasteiger partial charge in [0.25, 0.3) is 0 Å². The SMILES string of the molecule is O=CCCCCCCCCCCCCCCCCCCC(O)O. The van der Waals surface area contributed by atoms with Gasteiger partial charge in [-0.05, 0) is 19.3 Å². The predicted octanol–water partition coefficient (Wildman–Crippen LogP) is 5.52. The largest absolute Gasteiger partial charge is 0.368 e. The van der Waals surface area contributed by atoms with Crippen LogP contribution >= 0.6 is 0 Å². The number of carbonyl (C=O) groups is 1. The van der Waals surface area contributed by atoms with Crippen molar-refractivity contribution in [1.82, 2.24) is 0 Å². The fourth-order valence-electron chi connectivity index (χ4n) is 3.03. The minimum atomic E-state index is -1.11. The van der Waals surface area contributed by atoms with Gasteiger partial charge in [-0.1, -0.05) is 89.9 Å². The number of unbranched alkanes of at least 4 members (excludes halogenated alkanes) is 16. The standard InChI is InChI=1S/C20H40O3/c21-19-17-15-13-11-9-7-5-3-1-2-4-6-8-10-12-14-16-18-20(22)23/h19-20,22-23H,1-18H2. The Kier molecular flexibility index (Phi) is 19.3. The quantitative estimate of drug-likeness (QED) is 0.186. The van der Waals surface area contributed by atoms with E-state index in [1.54, 1.807) is 0 Å². The first-order valence-electron chi connectivity index (χ1n) is 10.1. The van der Waals surface area contributed by atoms with Crippen molar-refractivity contribution in [3.8, 4) is 0 Å². The van der Waals surface area contributed by atoms with Crippen molar-refractivity contribution in [1.29, 1.82) is 0 Å². The number of hydrogen-bond acceptors (Lipinski definition) is 3. The zero-order valence-electron chi connectivity index (χ0n) is 15.2. The Morgan fingerprint density at radius 1 is 0.522 bits per heavy atom. The predicted molar refractivity (Wildman–Crippen MR) is 97.4 cm³/mol. The summed E-state index contributed by atoms with van der Waals surface area (Å²) in [5, 5.41) is 17.5. The van der Waals surface area contributed by atoms with Crippen molar-refractivity contribution in [2.24, 2.45) is 0 Å². The lowest BCUT2D eigenvalue weighted by Gasteiger charge is -2.04. The molecule has 0 aromatic carbocycles. The molecular formula is C20H40O3. The van der Waals surface area contributed by atoms with E-state index in [2.05, 4.69) is 0 Å². The van der Waals surface area contributed by atoms with Crippen LogP contribution in [0.3, 0.4) is 0 Å². The molecule has 0 spiro atoms. The van der Waals surface area contributed by atoms with Crippen LogP contribution in [0, 0.1) is 0 Å². The van der Waals surface area contributed by atoms with Crippen LogP contribution in [0.25, 0.3) is 0 Å². The first-order valence-corrected chi connectivity index (χ1v) is 10.1. The van der Waals surface area contributed by atoms with Crippen LogP contribution in [-0.2, 0) is 4.79 Å². The minimum absolute atomic E-state index is 0.527. The molecule has 2 N–H and O–H groups in total. The molecule has 0 fully saturated rings. The van der Waals surface area contributed by atoms with E-state index >= 15 is 0 Å². The fraction of sp³-hybridized carbons (Fsp3) is 0.950. The van der Waals surface area contributed by atoms with Gasteiger partial charge in [0, 0.05) is 6.42 Å². The van der Waals surface area contributed by atoms with Gasteiger partial charge >= 0.3 is 0 Å². The van der Waals surface area contributed by atoms with Crippen molar-refractivity contribution in [2.45, 2.75) is 122 Å². The summed E-state index contributed by atoms with van der Waals surface area (Å²) in [6, 6.07) is 0. The molecule has 3 heteroatoms. The molecular weight excluding hydrogens is 288 g/mol. The van der Waals surface area contributed by atoms with E-state index in [4.69, 9.17) is 10.2 Å². The average Bonchev–Trinajstić information content (AvgIpc) is 2.53. The molecule has 0 bridgehead atoms. The van der Waals surface area contributed by atoms with Crippen molar-refractivity contribution < 1.29 is 15.0 Å². The first-order chi connectivity index (χ1) is 11.3. The van der Waals surface area contributed by atoms with Crippen LogP contribution in [0.1, 0.15) is 116 Å². The summed E-state index contributed by atoms with van der Waals surface area (Å²) in [5.74, 6) is 0. The van der Waals surface area contributed by atoms with Crippen molar-refractivity contribution in [3.63, 3.8) is 0 Å². The third kappa shape index (κ3) is 21.6. The lowest BCUT2D eigenvalue weighted by Crippen LogP contribution is -2.02. The molecule has 0 radical (unpaired) electrons. The van der Waals surface area contributed by atoms with E-state index in [1.165, 1.54) is 83.5 Å². The van der Waals surface area contributed by atoms with Crippen molar-refractivity contribution >= 4 is 6.29 Å². The summed E-state index contributed by atoms with van der Waals surface area (Å²) in [6.45, 7) is 0. The van der Waals surface area contributed by atoms with Crippen LogP contribution in [0.15, 0.2) is 0 Å². The van der Waals surface area contributed by atoms with Crippen LogP contribution in [0.5, 0.6) is 0 Å². The number of aliphatic hydroxyl groups excluding tert-OH is 1. The molecule has 0 aliphatic heterocycles. The van der Waals surface area contributed by atoms with Crippen molar-refractivity contribution in [2.75, 3.05) is 0 Å². The molecule has 23 heavy (non-hydrogen) atoms. The summed E-state index contributed by atoms with van der Waals surface area (Å²) in [7, 11) is 0. The zero-order chi connectivity index (χ0) is 17.0. The molecule has 0 rings (SSSR count). The number of rotatable bonds is 19. The van der Waals surface area contributed by atoms with E-state index in [1.807, 2.05) is 0 Å². The second kappa shape index (κ2) is 19.6.